The summed E-state index contributed by atoms with van der Waals surface area (Å²) in [7, 11) is 0. The zero-order valence-corrected chi connectivity index (χ0v) is 8.59. The highest BCUT2D eigenvalue weighted by molar-refractivity contribution is 5.77. The van der Waals surface area contributed by atoms with Gasteiger partial charge < -0.3 is 15.5 Å². The number of carbonyl (C=O) groups excluding carboxylic acids is 1. The summed E-state index contributed by atoms with van der Waals surface area (Å²) >= 11 is 0. The number of amides is 1. The fourth-order valence-corrected chi connectivity index (χ4v) is 2.16. The predicted molar refractivity (Wildman–Crippen MR) is 55.1 cm³/mol. The van der Waals surface area contributed by atoms with Crippen LogP contribution in [0.1, 0.15) is 19.3 Å². The molecule has 2 N–H and O–H groups in total. The second kappa shape index (κ2) is 4.75. The Labute approximate surface area is 85.0 Å². The molecule has 0 spiro atoms. The van der Waals surface area contributed by atoms with Crippen LogP contribution in [0.2, 0.25) is 0 Å². The van der Waals surface area contributed by atoms with Gasteiger partial charge in [-0.25, -0.2) is 0 Å². The Kier molecular flexibility index (Phi) is 3.37. The van der Waals surface area contributed by atoms with Crippen molar-refractivity contribution < 1.29 is 4.79 Å². The minimum atomic E-state index is 0.323. The molecule has 2 saturated heterocycles. The third-order valence-corrected chi connectivity index (χ3v) is 3.01. The van der Waals surface area contributed by atoms with Crippen LogP contribution >= 0.6 is 0 Å². The van der Waals surface area contributed by atoms with E-state index in [2.05, 4.69) is 10.6 Å². The van der Waals surface area contributed by atoms with Crippen LogP contribution in [0.15, 0.2) is 0 Å². The summed E-state index contributed by atoms with van der Waals surface area (Å²) < 4.78 is 0. The van der Waals surface area contributed by atoms with Gasteiger partial charge in [0.1, 0.15) is 0 Å². The first-order valence-corrected chi connectivity index (χ1v) is 5.58. The van der Waals surface area contributed by atoms with Crippen LogP contribution in [0.5, 0.6) is 0 Å². The maximum absolute atomic E-state index is 11.8. The first kappa shape index (κ1) is 9.93. The molecule has 2 heterocycles. The molecule has 2 fully saturated rings. The summed E-state index contributed by atoms with van der Waals surface area (Å²) in [6.07, 6.45) is 3.02. The third-order valence-electron chi connectivity index (χ3n) is 3.01. The predicted octanol–water partition coefficient (Wildman–Crippen LogP) is -0.440. The van der Waals surface area contributed by atoms with Crippen LogP contribution in [-0.2, 0) is 4.79 Å². The molecule has 0 aromatic heterocycles. The zero-order chi connectivity index (χ0) is 9.80. The highest BCUT2D eigenvalue weighted by Gasteiger charge is 2.22. The minimum absolute atomic E-state index is 0.323. The van der Waals surface area contributed by atoms with Crippen molar-refractivity contribution in [1.29, 1.82) is 0 Å². The van der Waals surface area contributed by atoms with Crippen molar-refractivity contribution in [2.24, 2.45) is 0 Å². The lowest BCUT2D eigenvalue weighted by atomic mass is 10.1. The van der Waals surface area contributed by atoms with Gasteiger partial charge in [-0.2, -0.15) is 0 Å². The smallest absolute Gasteiger partial charge is 0.224 e. The molecule has 2 aliphatic rings. The molecule has 1 amide bonds. The number of hydrogen-bond donors (Lipinski definition) is 2. The second-order valence-electron chi connectivity index (χ2n) is 4.15. The van der Waals surface area contributed by atoms with E-state index in [-0.39, 0.29) is 0 Å². The summed E-state index contributed by atoms with van der Waals surface area (Å²) in [6, 6.07) is 0.344. The van der Waals surface area contributed by atoms with Crippen molar-refractivity contribution >= 4 is 5.91 Å². The number of piperazine rings is 1. The SMILES string of the molecule is O=C(CC1CNCCN1)N1CCCC1. The zero-order valence-electron chi connectivity index (χ0n) is 8.59. The van der Waals surface area contributed by atoms with Gasteiger partial charge in [-0.05, 0) is 12.8 Å². The average Bonchev–Trinajstić information content (AvgIpc) is 2.72. The lowest BCUT2D eigenvalue weighted by Crippen LogP contribution is -2.50. The van der Waals surface area contributed by atoms with E-state index in [1.807, 2.05) is 4.90 Å². The highest BCUT2D eigenvalue weighted by Crippen LogP contribution is 2.10. The molecule has 0 aromatic carbocycles. The molecule has 2 rings (SSSR count). The number of likely N-dealkylation sites (tertiary alicyclic amines) is 1. The molecule has 4 nitrogen and oxygen atoms in total. The van der Waals surface area contributed by atoms with Gasteiger partial charge in [0.25, 0.3) is 0 Å². The molecule has 0 bridgehead atoms. The van der Waals surface area contributed by atoms with Gasteiger partial charge >= 0.3 is 0 Å². The average molecular weight is 197 g/mol. The Morgan fingerprint density at radius 1 is 1.29 bits per heavy atom. The fourth-order valence-electron chi connectivity index (χ4n) is 2.16. The molecular formula is C10H19N3O. The van der Waals surface area contributed by atoms with Crippen LogP contribution in [-0.4, -0.2) is 49.6 Å². The second-order valence-corrected chi connectivity index (χ2v) is 4.15. The van der Waals surface area contributed by atoms with Crippen molar-refractivity contribution in [2.75, 3.05) is 32.7 Å². The van der Waals surface area contributed by atoms with Crippen molar-refractivity contribution in [1.82, 2.24) is 15.5 Å². The molecule has 14 heavy (non-hydrogen) atoms. The Bertz CT molecular complexity index is 196. The number of nitrogens with zero attached hydrogens (tertiary/aromatic N) is 1. The molecule has 2 aliphatic heterocycles. The number of carbonyl (C=O) groups is 1. The summed E-state index contributed by atoms with van der Waals surface area (Å²) in [4.78, 5) is 13.8. The van der Waals surface area contributed by atoms with E-state index < -0.39 is 0 Å². The van der Waals surface area contributed by atoms with Crippen molar-refractivity contribution in [3.8, 4) is 0 Å². The van der Waals surface area contributed by atoms with Crippen molar-refractivity contribution in [2.45, 2.75) is 25.3 Å². The molecule has 4 heteroatoms. The maximum Gasteiger partial charge on any atom is 0.224 e. The Morgan fingerprint density at radius 3 is 2.71 bits per heavy atom. The van der Waals surface area contributed by atoms with Crippen LogP contribution in [0.4, 0.5) is 0 Å². The normalized spacial score (nSPS) is 28.0. The Hall–Kier alpha value is -0.610. The van der Waals surface area contributed by atoms with Gasteiger partial charge in [0.2, 0.25) is 5.91 Å². The summed E-state index contributed by atoms with van der Waals surface area (Å²) in [5, 5.41) is 6.66. The topological polar surface area (TPSA) is 44.4 Å². The fraction of sp³-hybridized carbons (Fsp3) is 0.900. The van der Waals surface area contributed by atoms with Gasteiger partial charge in [-0.3, -0.25) is 4.79 Å². The Morgan fingerprint density at radius 2 is 2.07 bits per heavy atom. The number of nitrogens with one attached hydrogen (secondary N) is 2. The first-order chi connectivity index (χ1) is 6.86. The third kappa shape index (κ3) is 2.45. The standard InChI is InChI=1S/C10H19N3O/c14-10(13-5-1-2-6-13)7-9-8-11-3-4-12-9/h9,11-12H,1-8H2. The molecule has 0 aliphatic carbocycles. The van der Waals surface area contributed by atoms with Crippen LogP contribution in [0, 0.1) is 0 Å². The first-order valence-electron chi connectivity index (χ1n) is 5.58. The van der Waals surface area contributed by atoms with Crippen LogP contribution in [0.25, 0.3) is 0 Å². The van der Waals surface area contributed by atoms with E-state index in [1.54, 1.807) is 0 Å². The summed E-state index contributed by atoms with van der Waals surface area (Å²) in [5.41, 5.74) is 0. The van der Waals surface area contributed by atoms with Gasteiger partial charge in [-0.15, -0.1) is 0 Å². The monoisotopic (exact) mass is 197 g/mol. The van der Waals surface area contributed by atoms with E-state index in [0.29, 0.717) is 18.4 Å². The number of hydrogen-bond acceptors (Lipinski definition) is 3. The van der Waals surface area contributed by atoms with E-state index >= 15 is 0 Å². The van der Waals surface area contributed by atoms with Gasteiger partial charge in [0.15, 0.2) is 0 Å². The van der Waals surface area contributed by atoms with Crippen molar-refractivity contribution in [3.63, 3.8) is 0 Å². The molecular weight excluding hydrogens is 178 g/mol. The number of rotatable bonds is 2. The lowest BCUT2D eigenvalue weighted by Gasteiger charge is -2.26. The lowest BCUT2D eigenvalue weighted by molar-refractivity contribution is -0.130. The Balaban J connectivity index is 1.75. The van der Waals surface area contributed by atoms with Crippen LogP contribution in [0.3, 0.4) is 0 Å². The summed E-state index contributed by atoms with van der Waals surface area (Å²) in [6.45, 7) is 4.88. The van der Waals surface area contributed by atoms with Crippen molar-refractivity contribution in [3.05, 3.63) is 0 Å². The van der Waals surface area contributed by atoms with E-state index in [9.17, 15) is 4.79 Å². The maximum atomic E-state index is 11.8. The molecule has 0 saturated carbocycles. The quantitative estimate of drug-likeness (QED) is 0.631. The highest BCUT2D eigenvalue weighted by atomic mass is 16.2. The minimum Gasteiger partial charge on any atom is -0.343 e. The molecule has 1 atom stereocenters. The van der Waals surface area contributed by atoms with E-state index in [4.69, 9.17) is 0 Å². The van der Waals surface area contributed by atoms with Gasteiger partial charge in [0, 0.05) is 45.2 Å². The van der Waals surface area contributed by atoms with E-state index in [1.165, 1.54) is 12.8 Å². The molecule has 80 valence electrons. The largest absolute Gasteiger partial charge is 0.343 e. The van der Waals surface area contributed by atoms with Gasteiger partial charge in [-0.1, -0.05) is 0 Å². The van der Waals surface area contributed by atoms with E-state index in [0.717, 1.165) is 32.7 Å². The molecule has 0 aromatic rings. The summed E-state index contributed by atoms with van der Waals surface area (Å²) in [5.74, 6) is 0.323. The molecule has 0 radical (unpaired) electrons. The van der Waals surface area contributed by atoms with Gasteiger partial charge in [0.05, 0.1) is 0 Å². The molecule has 1 unspecified atom stereocenters. The van der Waals surface area contributed by atoms with Crippen LogP contribution < -0.4 is 10.6 Å².